The molecule has 1 fully saturated rings. The molecule has 7 nitrogen and oxygen atoms in total. The second-order valence-corrected chi connectivity index (χ2v) is 7.92. The lowest BCUT2D eigenvalue weighted by atomic mass is 9.91. The Morgan fingerprint density at radius 1 is 1.25 bits per heavy atom. The molecule has 1 saturated heterocycles. The topological polar surface area (TPSA) is 121 Å². The number of piperidine rings is 1. The van der Waals surface area contributed by atoms with Crippen LogP contribution >= 0.6 is 7.60 Å². The van der Waals surface area contributed by atoms with Crippen LogP contribution in [0.5, 0.6) is 0 Å². The van der Waals surface area contributed by atoms with E-state index < -0.39 is 19.5 Å². The number of hydrogen-bond acceptors (Lipinski definition) is 3. The van der Waals surface area contributed by atoms with E-state index in [0.717, 1.165) is 5.56 Å². The molecule has 0 bridgehead atoms. The summed E-state index contributed by atoms with van der Waals surface area (Å²) in [6.45, 7) is 0.298. The van der Waals surface area contributed by atoms with Crippen LogP contribution < -0.4 is 5.73 Å². The molecular formula is C16H23N2O5P. The lowest BCUT2D eigenvalue weighted by molar-refractivity contribution is -0.141. The quantitative estimate of drug-likeness (QED) is 0.655. The van der Waals surface area contributed by atoms with Gasteiger partial charge in [0.05, 0.1) is 6.16 Å². The van der Waals surface area contributed by atoms with Crippen molar-refractivity contribution in [3.63, 3.8) is 0 Å². The van der Waals surface area contributed by atoms with Gasteiger partial charge in [-0.1, -0.05) is 30.3 Å². The highest BCUT2D eigenvalue weighted by Gasteiger charge is 2.36. The molecule has 1 aliphatic rings. The molecule has 0 radical (unpaired) electrons. The Hall–Kier alpha value is -1.69. The molecule has 8 heteroatoms. The fourth-order valence-corrected chi connectivity index (χ4v) is 4.15. The van der Waals surface area contributed by atoms with Gasteiger partial charge in [-0.2, -0.15) is 0 Å². The van der Waals surface area contributed by atoms with E-state index in [1.54, 1.807) is 0 Å². The molecule has 4 N–H and O–H groups in total. The maximum Gasteiger partial charge on any atom is 0.325 e. The van der Waals surface area contributed by atoms with Crippen molar-refractivity contribution >= 4 is 19.4 Å². The van der Waals surface area contributed by atoms with Crippen LogP contribution in [0.2, 0.25) is 0 Å². The van der Waals surface area contributed by atoms with Crippen molar-refractivity contribution in [2.45, 2.75) is 31.7 Å². The van der Waals surface area contributed by atoms with Crippen LogP contribution in [0.15, 0.2) is 30.3 Å². The van der Waals surface area contributed by atoms with Gasteiger partial charge in [-0.3, -0.25) is 14.2 Å². The van der Waals surface area contributed by atoms with Crippen molar-refractivity contribution in [3.05, 3.63) is 35.9 Å². The summed E-state index contributed by atoms with van der Waals surface area (Å²) in [4.78, 5) is 43.8. The van der Waals surface area contributed by atoms with E-state index in [1.165, 1.54) is 4.90 Å². The summed E-state index contributed by atoms with van der Waals surface area (Å²) in [5.74, 6) is -1.09. The molecule has 1 heterocycles. The Morgan fingerprint density at radius 3 is 2.50 bits per heavy atom. The van der Waals surface area contributed by atoms with Gasteiger partial charge in [-0.15, -0.1) is 0 Å². The SMILES string of the molecule is NC(=O)C1CC(CP(=O)(O)O)CCN1C(=O)CCc1ccccc1. The number of benzene rings is 1. The molecule has 2 amide bonds. The fourth-order valence-electron chi connectivity index (χ4n) is 3.15. The average molecular weight is 354 g/mol. The van der Waals surface area contributed by atoms with Crippen molar-refractivity contribution < 1.29 is 23.9 Å². The Labute approximate surface area is 141 Å². The van der Waals surface area contributed by atoms with Gasteiger partial charge in [0.1, 0.15) is 6.04 Å². The highest BCUT2D eigenvalue weighted by molar-refractivity contribution is 7.51. The molecule has 2 unspecified atom stereocenters. The number of nitrogens with two attached hydrogens (primary N) is 1. The third-order valence-electron chi connectivity index (χ3n) is 4.33. The Balaban J connectivity index is 1.97. The number of likely N-dealkylation sites (tertiary alicyclic amines) is 1. The predicted octanol–water partition coefficient (Wildman–Crippen LogP) is 0.889. The van der Waals surface area contributed by atoms with E-state index >= 15 is 0 Å². The van der Waals surface area contributed by atoms with E-state index in [0.29, 0.717) is 19.4 Å². The number of amides is 2. The minimum atomic E-state index is -4.14. The molecule has 0 spiro atoms. The lowest BCUT2D eigenvalue weighted by Crippen LogP contribution is -2.52. The maximum absolute atomic E-state index is 12.4. The van der Waals surface area contributed by atoms with Crippen LogP contribution in [0.25, 0.3) is 0 Å². The summed E-state index contributed by atoms with van der Waals surface area (Å²) in [6.07, 6.45) is 1.25. The first-order chi connectivity index (χ1) is 11.3. The van der Waals surface area contributed by atoms with Gasteiger partial charge in [0, 0.05) is 13.0 Å². The first kappa shape index (κ1) is 18.6. The Kier molecular flexibility index (Phi) is 6.15. The van der Waals surface area contributed by atoms with Crippen LogP contribution in [0.1, 0.15) is 24.8 Å². The van der Waals surface area contributed by atoms with Crippen molar-refractivity contribution in [2.24, 2.45) is 11.7 Å². The zero-order valence-corrected chi connectivity index (χ0v) is 14.3. The second kappa shape index (κ2) is 7.92. The van der Waals surface area contributed by atoms with Crippen LogP contribution in [0, 0.1) is 5.92 Å². The summed E-state index contributed by atoms with van der Waals surface area (Å²) in [7, 11) is -4.14. The summed E-state index contributed by atoms with van der Waals surface area (Å²) < 4.78 is 11.1. The first-order valence-corrected chi connectivity index (χ1v) is 9.73. The number of carbonyl (C=O) groups excluding carboxylic acids is 2. The molecule has 1 aromatic carbocycles. The number of hydrogen-bond donors (Lipinski definition) is 3. The minimum absolute atomic E-state index is 0.155. The number of primary amides is 1. The van der Waals surface area contributed by atoms with Crippen LogP contribution in [0.4, 0.5) is 0 Å². The standard InChI is InChI=1S/C16H23N2O5P/c17-16(20)14-10-13(11-24(21,22)23)8-9-18(14)15(19)7-6-12-4-2-1-3-5-12/h1-5,13-14H,6-11H2,(H2,17,20)(H2,21,22,23). The molecule has 0 saturated carbocycles. The Morgan fingerprint density at radius 2 is 1.92 bits per heavy atom. The van der Waals surface area contributed by atoms with Gasteiger partial charge in [-0.05, 0) is 30.7 Å². The Bertz CT molecular complexity index is 631. The van der Waals surface area contributed by atoms with Crippen molar-refractivity contribution in [2.75, 3.05) is 12.7 Å². The van der Waals surface area contributed by atoms with Crippen molar-refractivity contribution in [1.29, 1.82) is 0 Å². The van der Waals surface area contributed by atoms with Gasteiger partial charge in [0.15, 0.2) is 0 Å². The average Bonchev–Trinajstić information content (AvgIpc) is 2.52. The zero-order valence-electron chi connectivity index (χ0n) is 13.4. The number of carbonyl (C=O) groups is 2. The monoisotopic (exact) mass is 354 g/mol. The van der Waals surface area contributed by atoms with Gasteiger partial charge in [0.25, 0.3) is 0 Å². The second-order valence-electron chi connectivity index (χ2n) is 6.23. The van der Waals surface area contributed by atoms with Gasteiger partial charge >= 0.3 is 7.60 Å². The molecule has 1 aliphatic heterocycles. The number of rotatable bonds is 6. The summed E-state index contributed by atoms with van der Waals surface area (Å²) in [5, 5.41) is 0. The molecule has 2 rings (SSSR count). The van der Waals surface area contributed by atoms with Crippen molar-refractivity contribution in [1.82, 2.24) is 4.90 Å². The fraction of sp³-hybridized carbons (Fsp3) is 0.500. The van der Waals surface area contributed by atoms with Crippen molar-refractivity contribution in [3.8, 4) is 0 Å². The molecule has 24 heavy (non-hydrogen) atoms. The zero-order chi connectivity index (χ0) is 17.7. The molecule has 1 aromatic rings. The van der Waals surface area contributed by atoms with E-state index in [-0.39, 0.29) is 30.8 Å². The smallest absolute Gasteiger partial charge is 0.325 e. The predicted molar refractivity (Wildman–Crippen MR) is 89.1 cm³/mol. The largest absolute Gasteiger partial charge is 0.368 e. The van der Waals surface area contributed by atoms with Crippen LogP contribution in [-0.2, 0) is 20.6 Å². The molecule has 0 aliphatic carbocycles. The molecule has 2 atom stereocenters. The van der Waals surface area contributed by atoms with Crippen LogP contribution in [-0.4, -0.2) is 45.2 Å². The third kappa shape index (κ3) is 5.44. The number of aryl methyl sites for hydroxylation is 1. The van der Waals surface area contributed by atoms with E-state index in [1.807, 2.05) is 30.3 Å². The highest BCUT2D eigenvalue weighted by Crippen LogP contribution is 2.40. The highest BCUT2D eigenvalue weighted by atomic mass is 31.2. The summed E-state index contributed by atoms with van der Waals surface area (Å²) >= 11 is 0. The lowest BCUT2D eigenvalue weighted by Gasteiger charge is -2.38. The summed E-state index contributed by atoms with van der Waals surface area (Å²) in [5.41, 5.74) is 6.44. The summed E-state index contributed by atoms with van der Waals surface area (Å²) in [6, 6.07) is 8.79. The maximum atomic E-state index is 12.4. The molecular weight excluding hydrogens is 331 g/mol. The van der Waals surface area contributed by atoms with Gasteiger partial charge < -0.3 is 20.4 Å². The van der Waals surface area contributed by atoms with E-state index in [9.17, 15) is 14.2 Å². The molecule has 132 valence electrons. The third-order valence-corrected chi connectivity index (χ3v) is 5.32. The first-order valence-electron chi connectivity index (χ1n) is 7.93. The van der Waals surface area contributed by atoms with E-state index in [2.05, 4.69) is 0 Å². The molecule has 0 aromatic heterocycles. The van der Waals surface area contributed by atoms with Gasteiger partial charge in [-0.25, -0.2) is 0 Å². The normalized spacial score (nSPS) is 21.5. The van der Waals surface area contributed by atoms with Crippen LogP contribution in [0.3, 0.4) is 0 Å². The van der Waals surface area contributed by atoms with Gasteiger partial charge in [0.2, 0.25) is 11.8 Å². The number of nitrogens with zero attached hydrogens (tertiary/aromatic N) is 1. The minimum Gasteiger partial charge on any atom is -0.368 e. The van der Waals surface area contributed by atoms with E-state index in [4.69, 9.17) is 15.5 Å².